The van der Waals surface area contributed by atoms with Crippen LogP contribution in [-0.4, -0.2) is 53.7 Å². The third-order valence-corrected chi connectivity index (χ3v) is 7.56. The summed E-state index contributed by atoms with van der Waals surface area (Å²) in [5.41, 5.74) is 3.68. The summed E-state index contributed by atoms with van der Waals surface area (Å²) in [5, 5.41) is 12.4. The van der Waals surface area contributed by atoms with E-state index >= 15 is 0 Å². The molecule has 7 heteroatoms. The van der Waals surface area contributed by atoms with Gasteiger partial charge in [-0.05, 0) is 48.4 Å². The molecule has 2 N–H and O–H groups in total. The molecule has 35 heavy (non-hydrogen) atoms. The molecule has 2 aromatic rings. The number of carboxylic acid groups (broad SMARTS) is 1. The van der Waals surface area contributed by atoms with Gasteiger partial charge in [0.2, 0.25) is 5.91 Å². The summed E-state index contributed by atoms with van der Waals surface area (Å²) in [6.07, 6.45) is 2.84. The highest BCUT2D eigenvalue weighted by Crippen LogP contribution is 2.44. The van der Waals surface area contributed by atoms with Crippen LogP contribution in [0.15, 0.2) is 48.5 Å². The molecule has 4 rings (SSSR count). The van der Waals surface area contributed by atoms with Crippen molar-refractivity contribution < 1.29 is 24.2 Å². The number of rotatable bonds is 7. The van der Waals surface area contributed by atoms with Gasteiger partial charge in [0.15, 0.2) is 0 Å². The highest BCUT2D eigenvalue weighted by atomic mass is 16.5. The van der Waals surface area contributed by atoms with E-state index in [0.717, 1.165) is 41.5 Å². The molecule has 2 amide bonds. The van der Waals surface area contributed by atoms with Crippen molar-refractivity contribution in [3.63, 3.8) is 0 Å². The van der Waals surface area contributed by atoms with Gasteiger partial charge >= 0.3 is 12.1 Å². The summed E-state index contributed by atoms with van der Waals surface area (Å²) in [6, 6.07) is 15.5. The Morgan fingerprint density at radius 1 is 1.03 bits per heavy atom. The molecular formula is C28H34N2O5. The molecule has 1 aliphatic heterocycles. The van der Waals surface area contributed by atoms with Crippen molar-refractivity contribution in [3.05, 3.63) is 59.7 Å². The minimum atomic E-state index is -0.969. The van der Waals surface area contributed by atoms with Gasteiger partial charge in [-0.15, -0.1) is 0 Å². The molecule has 1 heterocycles. The van der Waals surface area contributed by atoms with Crippen LogP contribution < -0.4 is 5.32 Å². The second-order valence-electron chi connectivity index (χ2n) is 9.80. The van der Waals surface area contributed by atoms with Crippen LogP contribution in [0.2, 0.25) is 0 Å². The van der Waals surface area contributed by atoms with Crippen molar-refractivity contribution in [2.45, 2.75) is 57.9 Å². The SMILES string of the molecule is CCC(C)(CNC(=O)OCC1c2ccccc2-c2ccccc21)C(=O)N1CCCCCC1C(=O)O. The summed E-state index contributed by atoms with van der Waals surface area (Å²) < 4.78 is 5.62. The van der Waals surface area contributed by atoms with Crippen LogP contribution in [0.3, 0.4) is 0 Å². The van der Waals surface area contributed by atoms with Crippen LogP contribution >= 0.6 is 0 Å². The number of ether oxygens (including phenoxy) is 1. The zero-order valence-electron chi connectivity index (χ0n) is 20.5. The monoisotopic (exact) mass is 478 g/mol. The lowest BCUT2D eigenvalue weighted by Crippen LogP contribution is -2.53. The number of nitrogens with one attached hydrogen (secondary N) is 1. The predicted molar refractivity (Wildman–Crippen MR) is 133 cm³/mol. The zero-order valence-corrected chi connectivity index (χ0v) is 20.5. The van der Waals surface area contributed by atoms with Gasteiger partial charge in [-0.2, -0.15) is 0 Å². The van der Waals surface area contributed by atoms with E-state index in [2.05, 4.69) is 29.6 Å². The van der Waals surface area contributed by atoms with Crippen LogP contribution in [-0.2, 0) is 14.3 Å². The van der Waals surface area contributed by atoms with Gasteiger partial charge < -0.3 is 20.1 Å². The smallest absolute Gasteiger partial charge is 0.407 e. The van der Waals surface area contributed by atoms with Crippen LogP contribution in [0.4, 0.5) is 4.79 Å². The molecular weight excluding hydrogens is 444 g/mol. The Hall–Kier alpha value is -3.35. The first kappa shape index (κ1) is 24.8. The molecule has 0 saturated carbocycles. The summed E-state index contributed by atoms with van der Waals surface area (Å²) in [5.74, 6) is -1.24. The molecule has 186 valence electrons. The predicted octanol–water partition coefficient (Wildman–Crippen LogP) is 4.80. The van der Waals surface area contributed by atoms with Crippen molar-refractivity contribution >= 4 is 18.0 Å². The van der Waals surface area contributed by atoms with E-state index in [0.29, 0.717) is 19.4 Å². The summed E-state index contributed by atoms with van der Waals surface area (Å²) in [7, 11) is 0. The number of carbonyl (C=O) groups is 3. The Kier molecular flexibility index (Phi) is 7.43. The number of aliphatic carboxylic acids is 1. The van der Waals surface area contributed by atoms with Crippen LogP contribution in [0.5, 0.6) is 0 Å². The molecule has 7 nitrogen and oxygen atoms in total. The fraction of sp³-hybridized carbons (Fsp3) is 0.464. The lowest BCUT2D eigenvalue weighted by atomic mass is 9.85. The molecule has 1 saturated heterocycles. The number of fused-ring (bicyclic) bond motifs is 3. The van der Waals surface area contributed by atoms with Gasteiger partial charge in [0.1, 0.15) is 12.6 Å². The second kappa shape index (κ2) is 10.5. The molecule has 1 fully saturated rings. The van der Waals surface area contributed by atoms with E-state index in [-0.39, 0.29) is 25.0 Å². The van der Waals surface area contributed by atoms with Crippen LogP contribution in [0.25, 0.3) is 11.1 Å². The molecule has 2 aliphatic rings. The van der Waals surface area contributed by atoms with E-state index in [1.165, 1.54) is 4.90 Å². The first-order valence-corrected chi connectivity index (χ1v) is 12.5. The molecule has 2 aromatic carbocycles. The van der Waals surface area contributed by atoms with E-state index in [1.807, 2.05) is 31.2 Å². The maximum atomic E-state index is 13.4. The molecule has 0 radical (unpaired) electrons. The third-order valence-electron chi connectivity index (χ3n) is 7.56. The molecule has 0 bridgehead atoms. The molecule has 2 unspecified atom stereocenters. The third kappa shape index (κ3) is 5.04. The van der Waals surface area contributed by atoms with E-state index in [9.17, 15) is 19.5 Å². The summed E-state index contributed by atoms with van der Waals surface area (Å²) >= 11 is 0. The average molecular weight is 479 g/mol. The number of amides is 2. The molecule has 0 spiro atoms. The number of carbonyl (C=O) groups excluding carboxylic acids is 2. The number of carboxylic acids is 1. The number of hydrogen-bond donors (Lipinski definition) is 2. The second-order valence-corrected chi connectivity index (χ2v) is 9.80. The minimum absolute atomic E-state index is 0.0410. The van der Waals surface area contributed by atoms with Crippen molar-refractivity contribution in [2.24, 2.45) is 5.41 Å². The van der Waals surface area contributed by atoms with Crippen molar-refractivity contribution in [2.75, 3.05) is 19.7 Å². The largest absolute Gasteiger partial charge is 0.480 e. The number of hydrogen-bond acceptors (Lipinski definition) is 4. The minimum Gasteiger partial charge on any atom is -0.480 e. The number of nitrogens with zero attached hydrogens (tertiary/aromatic N) is 1. The molecule has 2 atom stereocenters. The van der Waals surface area contributed by atoms with E-state index in [4.69, 9.17) is 4.74 Å². The Morgan fingerprint density at radius 2 is 1.66 bits per heavy atom. The fourth-order valence-electron chi connectivity index (χ4n) is 5.22. The Balaban J connectivity index is 1.39. The van der Waals surface area contributed by atoms with Crippen LogP contribution in [0.1, 0.15) is 63.0 Å². The highest BCUT2D eigenvalue weighted by Gasteiger charge is 2.41. The topological polar surface area (TPSA) is 95.9 Å². The standard InChI is InChI=1S/C28H34N2O5/c1-3-28(2,26(33)30-16-10-4-5-15-24(30)25(31)32)18-29-27(34)35-17-23-21-13-8-6-11-19(21)20-12-7-9-14-22(20)23/h6-9,11-14,23-24H,3-5,10,15-18H2,1-2H3,(H,29,34)(H,31,32). The molecule has 1 aliphatic carbocycles. The Bertz CT molecular complexity index is 1050. The first-order chi connectivity index (χ1) is 16.9. The number of benzene rings is 2. The van der Waals surface area contributed by atoms with Crippen molar-refractivity contribution in [1.29, 1.82) is 0 Å². The summed E-state index contributed by atoms with van der Waals surface area (Å²) in [6.45, 7) is 4.37. The fourth-order valence-corrected chi connectivity index (χ4v) is 5.22. The zero-order chi connectivity index (χ0) is 25.0. The summed E-state index contributed by atoms with van der Waals surface area (Å²) in [4.78, 5) is 39.4. The van der Waals surface area contributed by atoms with Gasteiger partial charge in [0.25, 0.3) is 0 Å². The highest BCUT2D eigenvalue weighted by molar-refractivity contribution is 5.88. The van der Waals surface area contributed by atoms with Gasteiger partial charge in [-0.1, -0.05) is 68.3 Å². The van der Waals surface area contributed by atoms with Gasteiger partial charge in [0.05, 0.1) is 5.41 Å². The van der Waals surface area contributed by atoms with Crippen LogP contribution in [0, 0.1) is 5.41 Å². The lowest BCUT2D eigenvalue weighted by molar-refractivity contribution is -0.155. The normalized spacial score (nSPS) is 19.1. The van der Waals surface area contributed by atoms with Gasteiger partial charge in [-0.3, -0.25) is 4.79 Å². The average Bonchev–Trinajstić information content (AvgIpc) is 3.00. The lowest BCUT2D eigenvalue weighted by Gasteiger charge is -2.36. The Morgan fingerprint density at radius 3 is 2.26 bits per heavy atom. The van der Waals surface area contributed by atoms with Gasteiger partial charge in [-0.25, -0.2) is 9.59 Å². The maximum absolute atomic E-state index is 13.4. The van der Waals surface area contributed by atoms with E-state index in [1.54, 1.807) is 6.92 Å². The van der Waals surface area contributed by atoms with Crippen molar-refractivity contribution in [3.8, 4) is 11.1 Å². The first-order valence-electron chi connectivity index (χ1n) is 12.5. The number of alkyl carbamates (subject to hydrolysis) is 1. The quantitative estimate of drug-likeness (QED) is 0.596. The van der Waals surface area contributed by atoms with E-state index < -0.39 is 23.5 Å². The molecule has 0 aromatic heterocycles. The maximum Gasteiger partial charge on any atom is 0.407 e. The number of likely N-dealkylation sites (tertiary alicyclic amines) is 1. The van der Waals surface area contributed by atoms with Crippen molar-refractivity contribution in [1.82, 2.24) is 10.2 Å². The van der Waals surface area contributed by atoms with Gasteiger partial charge in [0, 0.05) is 19.0 Å². The Labute approximate surface area is 206 Å².